The largest absolute Gasteiger partial charge is 0.284 e. The highest BCUT2D eigenvalue weighted by molar-refractivity contribution is 7.99. The minimum Gasteiger partial charge on any atom is -0.284 e. The standard InChI is InChI=1S/C23H19ClFN3OS2/c24-17-5-10-20-21(13-17)31-23(27-20)28(15-16-3-1-11-26-14-16)22(29)4-2-12-30-19-8-6-18(25)7-9-19/h1,3,5-11,13-14H,2,4,12,15H2. The van der Waals surface area contributed by atoms with Crippen LogP contribution in [-0.2, 0) is 11.3 Å². The molecule has 0 radical (unpaired) electrons. The van der Waals surface area contributed by atoms with E-state index in [1.165, 1.54) is 23.5 Å². The van der Waals surface area contributed by atoms with Crippen molar-refractivity contribution in [1.82, 2.24) is 9.97 Å². The topological polar surface area (TPSA) is 46.1 Å². The van der Waals surface area contributed by atoms with Gasteiger partial charge in [-0.25, -0.2) is 9.37 Å². The number of rotatable bonds is 8. The number of anilines is 1. The highest BCUT2D eigenvalue weighted by Crippen LogP contribution is 2.32. The van der Waals surface area contributed by atoms with Crippen LogP contribution >= 0.6 is 34.7 Å². The molecule has 0 spiro atoms. The Hall–Kier alpha value is -2.48. The number of halogens is 2. The lowest BCUT2D eigenvalue weighted by molar-refractivity contribution is -0.118. The van der Waals surface area contributed by atoms with Crippen molar-refractivity contribution >= 4 is 56.0 Å². The zero-order valence-electron chi connectivity index (χ0n) is 16.5. The summed E-state index contributed by atoms with van der Waals surface area (Å²) >= 11 is 9.18. The van der Waals surface area contributed by atoms with Crippen LogP contribution < -0.4 is 4.90 Å². The molecule has 4 aromatic rings. The first-order chi connectivity index (χ1) is 15.1. The average Bonchev–Trinajstić information content (AvgIpc) is 3.19. The number of hydrogen-bond acceptors (Lipinski definition) is 5. The Kier molecular flexibility index (Phi) is 7.17. The Balaban J connectivity index is 1.46. The van der Waals surface area contributed by atoms with E-state index < -0.39 is 0 Å². The normalized spacial score (nSPS) is 11.0. The number of thioether (sulfide) groups is 1. The van der Waals surface area contributed by atoms with Crippen molar-refractivity contribution in [2.24, 2.45) is 0 Å². The van der Waals surface area contributed by atoms with Crippen molar-refractivity contribution in [3.05, 3.63) is 83.4 Å². The fourth-order valence-corrected chi connectivity index (χ4v) is 5.13. The smallest absolute Gasteiger partial charge is 0.229 e. The summed E-state index contributed by atoms with van der Waals surface area (Å²) in [4.78, 5) is 24.7. The van der Waals surface area contributed by atoms with E-state index in [9.17, 15) is 9.18 Å². The quantitative estimate of drug-likeness (QED) is 0.215. The maximum Gasteiger partial charge on any atom is 0.229 e. The van der Waals surface area contributed by atoms with E-state index >= 15 is 0 Å². The molecule has 2 aromatic heterocycles. The fraction of sp³-hybridized carbons (Fsp3) is 0.174. The molecule has 1 amide bonds. The molecule has 4 rings (SSSR count). The van der Waals surface area contributed by atoms with E-state index in [2.05, 4.69) is 9.97 Å². The molecule has 0 saturated carbocycles. The predicted octanol–water partition coefficient (Wildman–Crippen LogP) is 6.59. The lowest BCUT2D eigenvalue weighted by Crippen LogP contribution is -2.30. The van der Waals surface area contributed by atoms with Crippen LogP contribution in [0.1, 0.15) is 18.4 Å². The second kappa shape index (κ2) is 10.2. The molecule has 0 aliphatic rings. The van der Waals surface area contributed by atoms with Crippen LogP contribution in [-0.4, -0.2) is 21.6 Å². The van der Waals surface area contributed by atoms with Gasteiger partial charge in [0.15, 0.2) is 5.13 Å². The summed E-state index contributed by atoms with van der Waals surface area (Å²) in [5.41, 5.74) is 1.76. The maximum atomic E-state index is 13.1. The van der Waals surface area contributed by atoms with Crippen molar-refractivity contribution in [2.75, 3.05) is 10.7 Å². The lowest BCUT2D eigenvalue weighted by Gasteiger charge is -2.20. The van der Waals surface area contributed by atoms with Gasteiger partial charge in [0.2, 0.25) is 5.91 Å². The summed E-state index contributed by atoms with van der Waals surface area (Å²) < 4.78 is 14.0. The van der Waals surface area contributed by atoms with E-state index in [1.807, 2.05) is 24.3 Å². The molecule has 0 saturated heterocycles. The molecular formula is C23H19ClFN3OS2. The molecule has 0 unspecified atom stereocenters. The van der Waals surface area contributed by atoms with Crippen LogP contribution in [0.5, 0.6) is 0 Å². The predicted molar refractivity (Wildman–Crippen MR) is 126 cm³/mol. The van der Waals surface area contributed by atoms with Gasteiger partial charge < -0.3 is 0 Å². The molecule has 0 fully saturated rings. The average molecular weight is 472 g/mol. The number of pyridine rings is 1. The summed E-state index contributed by atoms with van der Waals surface area (Å²) in [5.74, 6) is 0.532. The van der Waals surface area contributed by atoms with E-state index in [1.54, 1.807) is 47.3 Å². The second-order valence-corrected chi connectivity index (χ2v) is 9.47. The third-order valence-corrected chi connectivity index (χ3v) is 6.93. The number of carbonyl (C=O) groups is 1. The van der Waals surface area contributed by atoms with Crippen molar-refractivity contribution in [1.29, 1.82) is 0 Å². The molecule has 0 bridgehead atoms. The zero-order valence-corrected chi connectivity index (χ0v) is 18.9. The number of fused-ring (bicyclic) bond motifs is 1. The first-order valence-corrected chi connectivity index (χ1v) is 11.9. The molecule has 31 heavy (non-hydrogen) atoms. The number of aromatic nitrogens is 2. The van der Waals surface area contributed by atoms with Crippen LogP contribution in [0.25, 0.3) is 10.2 Å². The Morgan fingerprint density at radius 2 is 2.00 bits per heavy atom. The van der Waals surface area contributed by atoms with Gasteiger partial charge in [0.1, 0.15) is 5.82 Å². The summed E-state index contributed by atoms with van der Waals surface area (Å²) in [5, 5.41) is 1.29. The van der Waals surface area contributed by atoms with E-state index in [0.29, 0.717) is 29.5 Å². The van der Waals surface area contributed by atoms with Gasteiger partial charge in [0, 0.05) is 28.7 Å². The summed E-state index contributed by atoms with van der Waals surface area (Å²) in [6.07, 6.45) is 4.57. The zero-order chi connectivity index (χ0) is 21.6. The van der Waals surface area contributed by atoms with Gasteiger partial charge in [-0.2, -0.15) is 0 Å². The maximum absolute atomic E-state index is 13.1. The number of carbonyl (C=O) groups excluding carboxylic acids is 1. The summed E-state index contributed by atoms with van der Waals surface area (Å²) in [7, 11) is 0. The lowest BCUT2D eigenvalue weighted by atomic mass is 10.2. The first kappa shape index (κ1) is 21.7. The highest BCUT2D eigenvalue weighted by atomic mass is 35.5. The minimum absolute atomic E-state index is 0.00807. The minimum atomic E-state index is -0.248. The second-order valence-electron chi connectivity index (χ2n) is 6.86. The SMILES string of the molecule is O=C(CCCSc1ccc(F)cc1)N(Cc1cccnc1)c1nc2ccc(Cl)cc2s1. The summed E-state index contributed by atoms with van der Waals surface area (Å²) in [6, 6.07) is 15.7. The molecule has 8 heteroatoms. The van der Waals surface area contributed by atoms with Gasteiger partial charge >= 0.3 is 0 Å². The van der Waals surface area contributed by atoms with E-state index in [-0.39, 0.29) is 11.7 Å². The van der Waals surface area contributed by atoms with Gasteiger partial charge in [-0.3, -0.25) is 14.7 Å². The fourth-order valence-electron chi connectivity index (χ4n) is 3.02. The van der Waals surface area contributed by atoms with Crippen LogP contribution in [0.4, 0.5) is 9.52 Å². The third kappa shape index (κ3) is 5.81. The van der Waals surface area contributed by atoms with E-state index in [0.717, 1.165) is 26.4 Å². The molecule has 0 aliphatic heterocycles. The van der Waals surface area contributed by atoms with Gasteiger partial charge in [-0.05, 0) is 66.3 Å². The van der Waals surface area contributed by atoms with Crippen LogP contribution in [0.15, 0.2) is 71.9 Å². The van der Waals surface area contributed by atoms with Gasteiger partial charge in [0.25, 0.3) is 0 Å². The Morgan fingerprint density at radius 1 is 1.16 bits per heavy atom. The molecule has 2 heterocycles. The monoisotopic (exact) mass is 471 g/mol. The number of benzene rings is 2. The molecule has 0 aliphatic carbocycles. The molecule has 158 valence electrons. The molecule has 2 aromatic carbocycles. The molecule has 4 nitrogen and oxygen atoms in total. The highest BCUT2D eigenvalue weighted by Gasteiger charge is 2.20. The Morgan fingerprint density at radius 3 is 2.77 bits per heavy atom. The van der Waals surface area contributed by atoms with Gasteiger partial charge in [-0.15, -0.1) is 11.8 Å². The molecule has 0 N–H and O–H groups in total. The molecular weight excluding hydrogens is 453 g/mol. The van der Waals surface area contributed by atoms with Crippen LogP contribution in [0, 0.1) is 5.82 Å². The van der Waals surface area contributed by atoms with Crippen LogP contribution in [0.3, 0.4) is 0 Å². The number of thiazole rings is 1. The van der Waals surface area contributed by atoms with Crippen molar-refractivity contribution < 1.29 is 9.18 Å². The first-order valence-electron chi connectivity index (χ1n) is 9.72. The van der Waals surface area contributed by atoms with Crippen LogP contribution in [0.2, 0.25) is 5.02 Å². The Labute approximate surface area is 193 Å². The van der Waals surface area contributed by atoms with Crippen molar-refractivity contribution in [2.45, 2.75) is 24.3 Å². The number of hydrogen-bond donors (Lipinski definition) is 0. The molecule has 0 atom stereocenters. The number of nitrogens with zero attached hydrogens (tertiary/aromatic N) is 3. The Bertz CT molecular complexity index is 1170. The number of amides is 1. The summed E-state index contributed by atoms with van der Waals surface area (Å²) in [6.45, 7) is 0.408. The third-order valence-electron chi connectivity index (χ3n) is 4.55. The van der Waals surface area contributed by atoms with Gasteiger partial charge in [-0.1, -0.05) is 29.0 Å². The van der Waals surface area contributed by atoms with Crippen molar-refractivity contribution in [3.63, 3.8) is 0 Å². The van der Waals surface area contributed by atoms with Gasteiger partial charge in [0.05, 0.1) is 16.8 Å². The van der Waals surface area contributed by atoms with E-state index in [4.69, 9.17) is 11.6 Å². The van der Waals surface area contributed by atoms with Crippen molar-refractivity contribution in [3.8, 4) is 0 Å².